The third-order valence-corrected chi connectivity index (χ3v) is 2.36. The standard InChI is InChI=1S/C13H8F2N2O3/c14-8-3-7(4-9(15)5-8)12(18)17-10-1-2-16-11(6-10)13(19)20/h1-6H,(H,19,20)(H,16,17,18). The predicted octanol–water partition coefficient (Wildman–Crippen LogP) is 2.31. The molecule has 0 saturated carbocycles. The van der Waals surface area contributed by atoms with Crippen molar-refractivity contribution in [3.05, 3.63) is 59.4 Å². The molecule has 2 N–H and O–H groups in total. The number of halogens is 2. The Labute approximate surface area is 111 Å². The van der Waals surface area contributed by atoms with E-state index in [1.165, 1.54) is 12.3 Å². The minimum absolute atomic E-state index is 0.159. The molecule has 0 saturated heterocycles. The van der Waals surface area contributed by atoms with Crippen molar-refractivity contribution in [2.75, 3.05) is 5.32 Å². The molecule has 102 valence electrons. The van der Waals surface area contributed by atoms with Crippen molar-refractivity contribution in [2.24, 2.45) is 0 Å². The van der Waals surface area contributed by atoms with Gasteiger partial charge in [0.15, 0.2) is 0 Å². The monoisotopic (exact) mass is 278 g/mol. The van der Waals surface area contributed by atoms with Crippen molar-refractivity contribution in [3.63, 3.8) is 0 Å². The summed E-state index contributed by atoms with van der Waals surface area (Å²) in [7, 11) is 0. The molecule has 0 atom stereocenters. The summed E-state index contributed by atoms with van der Waals surface area (Å²) in [5.41, 5.74) is -0.309. The molecule has 0 fully saturated rings. The number of carboxylic acid groups (broad SMARTS) is 1. The summed E-state index contributed by atoms with van der Waals surface area (Å²) in [6.45, 7) is 0. The van der Waals surface area contributed by atoms with Crippen molar-refractivity contribution in [1.82, 2.24) is 4.98 Å². The maximum Gasteiger partial charge on any atom is 0.354 e. The molecular formula is C13H8F2N2O3. The van der Waals surface area contributed by atoms with Crippen molar-refractivity contribution in [3.8, 4) is 0 Å². The first kappa shape index (κ1) is 13.6. The van der Waals surface area contributed by atoms with Gasteiger partial charge >= 0.3 is 5.97 Å². The van der Waals surface area contributed by atoms with Gasteiger partial charge in [0.05, 0.1) is 0 Å². The van der Waals surface area contributed by atoms with Crippen LogP contribution in [0.2, 0.25) is 0 Å². The van der Waals surface area contributed by atoms with Crippen molar-refractivity contribution < 1.29 is 23.5 Å². The maximum atomic E-state index is 13.0. The molecule has 0 aliphatic rings. The third kappa shape index (κ3) is 3.14. The number of carbonyl (C=O) groups is 2. The summed E-state index contributed by atoms with van der Waals surface area (Å²) < 4.78 is 26.0. The lowest BCUT2D eigenvalue weighted by Gasteiger charge is -2.06. The first-order valence-electron chi connectivity index (χ1n) is 5.42. The summed E-state index contributed by atoms with van der Waals surface area (Å²) in [5, 5.41) is 11.1. The number of aromatic carboxylic acids is 1. The van der Waals surface area contributed by atoms with E-state index in [-0.39, 0.29) is 16.9 Å². The van der Waals surface area contributed by atoms with E-state index in [1.807, 2.05) is 0 Å². The minimum atomic E-state index is -1.25. The number of carboxylic acids is 1. The highest BCUT2D eigenvalue weighted by atomic mass is 19.1. The fourth-order valence-electron chi connectivity index (χ4n) is 1.51. The van der Waals surface area contributed by atoms with Crippen molar-refractivity contribution in [1.29, 1.82) is 0 Å². The van der Waals surface area contributed by atoms with Crippen LogP contribution in [0.25, 0.3) is 0 Å². The largest absolute Gasteiger partial charge is 0.477 e. The number of hydrogen-bond acceptors (Lipinski definition) is 3. The van der Waals surface area contributed by atoms with Gasteiger partial charge in [-0.05, 0) is 24.3 Å². The van der Waals surface area contributed by atoms with Crippen LogP contribution in [0.15, 0.2) is 36.5 Å². The van der Waals surface area contributed by atoms with Crippen molar-refractivity contribution in [2.45, 2.75) is 0 Å². The molecule has 2 rings (SSSR count). The fraction of sp³-hybridized carbons (Fsp3) is 0. The molecule has 1 aromatic carbocycles. The molecule has 0 radical (unpaired) electrons. The van der Waals surface area contributed by atoms with Crippen LogP contribution in [0.5, 0.6) is 0 Å². The quantitative estimate of drug-likeness (QED) is 0.903. The van der Waals surface area contributed by atoms with E-state index in [2.05, 4.69) is 10.3 Å². The average molecular weight is 278 g/mol. The number of amides is 1. The van der Waals surface area contributed by atoms with Crippen LogP contribution in [0, 0.1) is 11.6 Å². The highest BCUT2D eigenvalue weighted by Gasteiger charge is 2.11. The summed E-state index contributed by atoms with van der Waals surface area (Å²) in [4.78, 5) is 26.1. The SMILES string of the molecule is O=C(Nc1ccnc(C(=O)O)c1)c1cc(F)cc(F)c1. The molecule has 1 aromatic heterocycles. The zero-order valence-corrected chi connectivity index (χ0v) is 9.93. The van der Waals surface area contributed by atoms with Gasteiger partial charge in [-0.1, -0.05) is 0 Å². The first-order valence-corrected chi connectivity index (χ1v) is 5.42. The summed E-state index contributed by atoms with van der Waals surface area (Å²) >= 11 is 0. The van der Waals surface area contributed by atoms with Crippen LogP contribution in [0.4, 0.5) is 14.5 Å². The van der Waals surface area contributed by atoms with Gasteiger partial charge in [-0.15, -0.1) is 0 Å². The van der Waals surface area contributed by atoms with Gasteiger partial charge in [-0.3, -0.25) is 4.79 Å². The van der Waals surface area contributed by atoms with E-state index in [9.17, 15) is 18.4 Å². The third-order valence-electron chi connectivity index (χ3n) is 2.36. The second-order valence-corrected chi connectivity index (χ2v) is 3.85. The number of nitrogens with zero attached hydrogens (tertiary/aromatic N) is 1. The van der Waals surface area contributed by atoms with Crippen LogP contribution in [-0.4, -0.2) is 22.0 Å². The van der Waals surface area contributed by atoms with Gasteiger partial charge < -0.3 is 10.4 Å². The Morgan fingerprint density at radius 3 is 2.35 bits per heavy atom. The first-order chi connectivity index (χ1) is 9.45. The Morgan fingerprint density at radius 1 is 1.10 bits per heavy atom. The van der Waals surface area contributed by atoms with Crippen LogP contribution in [-0.2, 0) is 0 Å². The second kappa shape index (κ2) is 5.43. The van der Waals surface area contributed by atoms with E-state index >= 15 is 0 Å². The Bertz CT molecular complexity index is 669. The minimum Gasteiger partial charge on any atom is -0.477 e. The Balaban J connectivity index is 2.23. The Hall–Kier alpha value is -2.83. The van der Waals surface area contributed by atoms with E-state index in [4.69, 9.17) is 5.11 Å². The fourth-order valence-corrected chi connectivity index (χ4v) is 1.51. The van der Waals surface area contributed by atoms with Crippen LogP contribution < -0.4 is 5.32 Å². The summed E-state index contributed by atoms with van der Waals surface area (Å²) in [6, 6.07) is 4.89. The molecular weight excluding hydrogens is 270 g/mol. The number of carbonyl (C=O) groups excluding carboxylic acids is 1. The lowest BCUT2D eigenvalue weighted by atomic mass is 10.2. The van der Waals surface area contributed by atoms with Crippen LogP contribution in [0.3, 0.4) is 0 Å². The molecule has 7 heteroatoms. The molecule has 20 heavy (non-hydrogen) atoms. The van der Waals surface area contributed by atoms with Gasteiger partial charge in [0, 0.05) is 23.5 Å². The molecule has 0 aliphatic heterocycles. The number of benzene rings is 1. The summed E-state index contributed by atoms with van der Waals surface area (Å²) in [5.74, 6) is -3.77. The zero-order chi connectivity index (χ0) is 14.7. The van der Waals surface area contributed by atoms with Gasteiger partial charge in [0.25, 0.3) is 5.91 Å². The molecule has 1 amide bonds. The lowest BCUT2D eigenvalue weighted by Crippen LogP contribution is -2.13. The number of nitrogens with one attached hydrogen (secondary N) is 1. The van der Waals surface area contributed by atoms with Gasteiger partial charge in [-0.2, -0.15) is 0 Å². The van der Waals surface area contributed by atoms with E-state index in [1.54, 1.807) is 0 Å². The highest BCUT2D eigenvalue weighted by molar-refractivity contribution is 6.04. The molecule has 0 spiro atoms. The van der Waals surface area contributed by atoms with Crippen molar-refractivity contribution >= 4 is 17.6 Å². The number of hydrogen-bond donors (Lipinski definition) is 2. The highest BCUT2D eigenvalue weighted by Crippen LogP contribution is 2.12. The van der Waals surface area contributed by atoms with Crippen LogP contribution >= 0.6 is 0 Å². The van der Waals surface area contributed by atoms with E-state index in [0.717, 1.165) is 18.2 Å². The smallest absolute Gasteiger partial charge is 0.354 e. The topological polar surface area (TPSA) is 79.3 Å². The maximum absolute atomic E-state index is 13.0. The molecule has 2 aromatic rings. The van der Waals surface area contributed by atoms with Gasteiger partial charge in [-0.25, -0.2) is 18.6 Å². The van der Waals surface area contributed by atoms with Gasteiger partial charge in [0.1, 0.15) is 17.3 Å². The number of anilines is 1. The van der Waals surface area contributed by atoms with Gasteiger partial charge in [0.2, 0.25) is 0 Å². The lowest BCUT2D eigenvalue weighted by molar-refractivity contribution is 0.0690. The average Bonchev–Trinajstić information content (AvgIpc) is 2.37. The van der Waals surface area contributed by atoms with E-state index < -0.39 is 23.5 Å². The molecule has 0 aliphatic carbocycles. The predicted molar refractivity (Wildman–Crippen MR) is 65.5 cm³/mol. The Kier molecular flexibility index (Phi) is 3.69. The second-order valence-electron chi connectivity index (χ2n) is 3.85. The molecule has 0 unspecified atom stereocenters. The molecule has 5 nitrogen and oxygen atoms in total. The molecule has 0 bridgehead atoms. The number of aromatic nitrogens is 1. The zero-order valence-electron chi connectivity index (χ0n) is 9.93. The number of rotatable bonds is 3. The number of pyridine rings is 1. The molecule has 1 heterocycles. The Morgan fingerprint density at radius 2 is 1.75 bits per heavy atom. The summed E-state index contributed by atoms with van der Waals surface area (Å²) in [6.07, 6.45) is 1.20. The van der Waals surface area contributed by atoms with Crippen LogP contribution in [0.1, 0.15) is 20.8 Å². The van der Waals surface area contributed by atoms with E-state index in [0.29, 0.717) is 6.07 Å². The normalized spacial score (nSPS) is 10.1.